The van der Waals surface area contributed by atoms with Gasteiger partial charge in [0.15, 0.2) is 11.5 Å². The zero-order valence-corrected chi connectivity index (χ0v) is 21.1. The molecule has 2 aromatic carbocycles. The van der Waals surface area contributed by atoms with Gasteiger partial charge in [-0.05, 0) is 66.0 Å². The number of ether oxygens (including phenoxy) is 2. The van der Waals surface area contributed by atoms with Crippen molar-refractivity contribution in [2.24, 2.45) is 0 Å². The average molecular weight is 511 g/mol. The zero-order chi connectivity index (χ0) is 26.3. The van der Waals surface area contributed by atoms with Crippen molar-refractivity contribution in [2.75, 3.05) is 25.1 Å². The molecule has 1 aliphatic carbocycles. The second-order valence-corrected chi connectivity index (χ2v) is 10.5. The number of benzene rings is 2. The van der Waals surface area contributed by atoms with Gasteiger partial charge in [-0.2, -0.15) is 0 Å². The molecule has 0 radical (unpaired) electrons. The predicted molar refractivity (Wildman–Crippen MR) is 133 cm³/mol. The summed E-state index contributed by atoms with van der Waals surface area (Å²) < 4.78 is 26.6. The van der Waals surface area contributed by atoms with Gasteiger partial charge in [-0.25, -0.2) is 4.39 Å². The van der Waals surface area contributed by atoms with Gasteiger partial charge in [-0.3, -0.25) is 14.4 Å². The maximum Gasteiger partial charge on any atom is 0.303 e. The molecule has 2 amide bonds. The third-order valence-electron chi connectivity index (χ3n) is 7.54. The highest BCUT2D eigenvalue weighted by Gasteiger charge is 2.39. The highest BCUT2D eigenvalue weighted by molar-refractivity contribution is 5.98. The van der Waals surface area contributed by atoms with Crippen molar-refractivity contribution in [2.45, 2.75) is 63.8 Å². The molecule has 0 saturated heterocycles. The Morgan fingerprint density at radius 1 is 1.14 bits per heavy atom. The number of halogens is 1. The maximum atomic E-state index is 15.1. The molecule has 3 aliphatic rings. The first-order chi connectivity index (χ1) is 17.7. The Kier molecular flexibility index (Phi) is 6.56. The van der Waals surface area contributed by atoms with Gasteiger partial charge in [-0.1, -0.05) is 19.9 Å². The topological polar surface area (TPSA) is 105 Å². The molecule has 0 unspecified atom stereocenters. The van der Waals surface area contributed by atoms with Gasteiger partial charge < -0.3 is 24.8 Å². The number of nitrogens with one attached hydrogen (secondary N) is 1. The van der Waals surface area contributed by atoms with E-state index in [2.05, 4.69) is 5.32 Å². The van der Waals surface area contributed by atoms with Gasteiger partial charge in [0, 0.05) is 30.6 Å². The fraction of sp³-hybridized carbons (Fsp3) is 0.464. The molecule has 2 aliphatic heterocycles. The van der Waals surface area contributed by atoms with Crippen LogP contribution in [-0.2, 0) is 32.6 Å². The largest absolute Gasteiger partial charge is 0.486 e. The summed E-state index contributed by atoms with van der Waals surface area (Å²) in [6.45, 7) is 5.12. The van der Waals surface area contributed by atoms with Gasteiger partial charge >= 0.3 is 5.97 Å². The predicted octanol–water partition coefficient (Wildman–Crippen LogP) is 4.14. The summed E-state index contributed by atoms with van der Waals surface area (Å²) in [7, 11) is 0. The van der Waals surface area contributed by atoms with E-state index in [9.17, 15) is 14.4 Å². The summed E-state index contributed by atoms with van der Waals surface area (Å²) >= 11 is 0. The van der Waals surface area contributed by atoms with Crippen molar-refractivity contribution in [3.8, 4) is 11.5 Å². The minimum atomic E-state index is -0.975. The molecular formula is C28H31FN2O6. The van der Waals surface area contributed by atoms with E-state index in [0.717, 1.165) is 24.0 Å². The van der Waals surface area contributed by atoms with Crippen LogP contribution in [0.2, 0.25) is 0 Å². The highest BCUT2D eigenvalue weighted by Crippen LogP contribution is 2.44. The number of carbonyl (C=O) groups excluding carboxylic acids is 2. The minimum absolute atomic E-state index is 0.0124. The summed E-state index contributed by atoms with van der Waals surface area (Å²) in [4.78, 5) is 39.3. The van der Waals surface area contributed by atoms with E-state index in [1.54, 1.807) is 12.1 Å². The zero-order valence-electron chi connectivity index (χ0n) is 21.1. The summed E-state index contributed by atoms with van der Waals surface area (Å²) in [5.74, 6) is -0.888. The Bertz CT molecular complexity index is 1270. The number of aliphatic carboxylic acids is 1. The molecule has 2 heterocycles. The Morgan fingerprint density at radius 3 is 2.70 bits per heavy atom. The average Bonchev–Trinajstić information content (AvgIpc) is 3.17. The highest BCUT2D eigenvalue weighted by atomic mass is 19.1. The summed E-state index contributed by atoms with van der Waals surface area (Å²) in [6, 6.07) is 5.71. The molecule has 8 nitrogen and oxygen atoms in total. The van der Waals surface area contributed by atoms with E-state index in [0.29, 0.717) is 47.9 Å². The fourth-order valence-corrected chi connectivity index (χ4v) is 5.79. The molecule has 0 saturated carbocycles. The number of rotatable bonds is 6. The number of fused-ring (bicyclic) bond motifs is 4. The Balaban J connectivity index is 1.47. The number of carbonyl (C=O) groups is 3. The van der Waals surface area contributed by atoms with Crippen LogP contribution in [0.15, 0.2) is 24.3 Å². The van der Waals surface area contributed by atoms with Crippen LogP contribution < -0.4 is 14.8 Å². The molecule has 2 N–H and O–H groups in total. The number of carboxylic acid groups (broad SMARTS) is 1. The molecular weight excluding hydrogens is 479 g/mol. The number of carboxylic acids is 1. The fourth-order valence-electron chi connectivity index (χ4n) is 5.79. The standard InChI is InChI=1S/C28H31FN2O6/c1-28(2)10-8-16-14-17(15-20(29)24(16)28)30-27(35)25-18-6-7-21-26(37-13-12-36-21)19(18)9-11-31(25)22(32)4-3-5-23(33)34/h6-7,14-15,25H,3-5,8-13H2,1-2H3,(H,30,35)(H,33,34)/t25-/m1/s1. The van der Waals surface area contributed by atoms with Crippen molar-refractivity contribution in [1.82, 2.24) is 4.90 Å². The minimum Gasteiger partial charge on any atom is -0.486 e. The maximum absolute atomic E-state index is 15.1. The van der Waals surface area contributed by atoms with Gasteiger partial charge in [-0.15, -0.1) is 0 Å². The molecule has 0 bridgehead atoms. The van der Waals surface area contributed by atoms with Gasteiger partial charge in [0.05, 0.1) is 0 Å². The summed E-state index contributed by atoms with van der Waals surface area (Å²) in [5.41, 5.74) is 3.10. The van der Waals surface area contributed by atoms with E-state index < -0.39 is 17.9 Å². The van der Waals surface area contributed by atoms with Crippen molar-refractivity contribution in [1.29, 1.82) is 0 Å². The first kappa shape index (κ1) is 25.0. The Labute approximate surface area is 214 Å². The van der Waals surface area contributed by atoms with E-state index >= 15 is 4.39 Å². The first-order valence-electron chi connectivity index (χ1n) is 12.7. The van der Waals surface area contributed by atoms with E-state index in [1.807, 2.05) is 19.9 Å². The second kappa shape index (κ2) is 9.68. The smallest absolute Gasteiger partial charge is 0.303 e. The number of hydrogen-bond donors (Lipinski definition) is 2. The lowest BCUT2D eigenvalue weighted by molar-refractivity contribution is -0.140. The summed E-state index contributed by atoms with van der Waals surface area (Å²) in [6.07, 6.45) is 2.10. The van der Waals surface area contributed by atoms with Gasteiger partial charge in [0.1, 0.15) is 25.1 Å². The van der Waals surface area contributed by atoms with Crippen molar-refractivity contribution in [3.63, 3.8) is 0 Å². The third-order valence-corrected chi connectivity index (χ3v) is 7.54. The van der Waals surface area contributed by atoms with E-state index in [1.165, 1.54) is 11.0 Å². The quantitative estimate of drug-likeness (QED) is 0.605. The lowest BCUT2D eigenvalue weighted by atomic mass is 9.86. The molecule has 0 fully saturated rings. The Hall–Kier alpha value is -3.62. The molecule has 0 spiro atoms. The van der Waals surface area contributed by atoms with E-state index in [-0.39, 0.29) is 42.9 Å². The normalized spacial score (nSPS) is 19.1. The molecule has 0 aromatic heterocycles. The Morgan fingerprint density at radius 2 is 1.92 bits per heavy atom. The molecule has 9 heteroatoms. The van der Waals surface area contributed by atoms with Crippen molar-refractivity contribution >= 4 is 23.5 Å². The van der Waals surface area contributed by atoms with Crippen LogP contribution in [-0.4, -0.2) is 47.5 Å². The number of hydrogen-bond acceptors (Lipinski definition) is 5. The van der Waals surface area contributed by atoms with Crippen LogP contribution in [0.5, 0.6) is 11.5 Å². The van der Waals surface area contributed by atoms with Gasteiger partial charge in [0.25, 0.3) is 5.91 Å². The first-order valence-corrected chi connectivity index (χ1v) is 12.7. The third kappa shape index (κ3) is 4.74. The van der Waals surface area contributed by atoms with Crippen molar-refractivity contribution in [3.05, 3.63) is 52.3 Å². The monoisotopic (exact) mass is 510 g/mol. The number of nitrogens with zero attached hydrogens (tertiary/aromatic N) is 1. The molecule has 2 aromatic rings. The number of anilines is 1. The van der Waals surface area contributed by atoms with Crippen LogP contribution >= 0.6 is 0 Å². The number of aryl methyl sites for hydroxylation is 1. The SMILES string of the molecule is CC1(C)CCc2cc(NC(=O)[C@H]3c4ccc5c(c4CCN3C(=O)CCCC(=O)O)OCCO5)cc(F)c21. The van der Waals surface area contributed by atoms with Gasteiger partial charge in [0.2, 0.25) is 5.91 Å². The molecule has 5 rings (SSSR count). The van der Waals surface area contributed by atoms with E-state index in [4.69, 9.17) is 14.6 Å². The molecule has 37 heavy (non-hydrogen) atoms. The van der Waals surface area contributed by atoms with Crippen molar-refractivity contribution < 1.29 is 33.4 Å². The van der Waals surface area contributed by atoms with Crippen LogP contribution in [0.3, 0.4) is 0 Å². The van der Waals surface area contributed by atoms with Crippen LogP contribution in [0.1, 0.15) is 67.8 Å². The molecule has 1 atom stereocenters. The second-order valence-electron chi connectivity index (χ2n) is 10.5. The van der Waals surface area contributed by atoms with Crippen LogP contribution in [0.4, 0.5) is 10.1 Å². The summed E-state index contributed by atoms with van der Waals surface area (Å²) in [5, 5.41) is 11.8. The lowest BCUT2D eigenvalue weighted by Crippen LogP contribution is -2.45. The molecule has 196 valence electrons. The van der Waals surface area contributed by atoms with Crippen LogP contribution in [0, 0.1) is 5.82 Å². The number of amides is 2. The lowest BCUT2D eigenvalue weighted by Gasteiger charge is -2.38. The van der Waals surface area contributed by atoms with Crippen LogP contribution in [0.25, 0.3) is 0 Å².